The van der Waals surface area contributed by atoms with E-state index in [0.717, 1.165) is 0 Å². The molecule has 19 heavy (non-hydrogen) atoms. The van der Waals surface area contributed by atoms with Gasteiger partial charge in [0.2, 0.25) is 0 Å². The van der Waals surface area contributed by atoms with Crippen LogP contribution in [0.2, 0.25) is 0 Å². The minimum absolute atomic E-state index is 0.0745. The molecule has 0 saturated carbocycles. The van der Waals surface area contributed by atoms with Crippen LogP contribution in [0.5, 0.6) is 0 Å². The van der Waals surface area contributed by atoms with Crippen molar-refractivity contribution in [2.24, 2.45) is 0 Å². The second-order valence-electron chi connectivity index (χ2n) is 3.73. The number of rotatable bonds is 4. The van der Waals surface area contributed by atoms with E-state index < -0.39 is 5.97 Å². The monoisotopic (exact) mass is 253 g/mol. The molecule has 0 amide bonds. The highest BCUT2D eigenvalue weighted by Gasteiger charge is 2.03. The van der Waals surface area contributed by atoms with Crippen molar-refractivity contribution < 1.29 is 13.9 Å². The van der Waals surface area contributed by atoms with E-state index >= 15 is 0 Å². The Bertz CT molecular complexity index is 621. The van der Waals surface area contributed by atoms with E-state index in [1.54, 1.807) is 36.4 Å². The molecule has 0 N–H and O–H groups in total. The lowest BCUT2D eigenvalue weighted by molar-refractivity contribution is -0.138. The normalized spacial score (nSPS) is 10.3. The van der Waals surface area contributed by atoms with Crippen molar-refractivity contribution in [1.82, 2.24) is 0 Å². The standard InChI is InChI=1S/C15H11NO3/c16-10-12-4-1-2-5-13(12)11-19-15(17)8-7-14-6-3-9-18-14/h1-9H,11H2. The number of carbonyl (C=O) groups excluding carboxylic acids is 1. The maximum Gasteiger partial charge on any atom is 0.331 e. The first-order valence-electron chi connectivity index (χ1n) is 5.66. The lowest BCUT2D eigenvalue weighted by atomic mass is 10.1. The van der Waals surface area contributed by atoms with Crippen LogP contribution in [0.4, 0.5) is 0 Å². The summed E-state index contributed by atoms with van der Waals surface area (Å²) in [6.07, 6.45) is 4.33. The van der Waals surface area contributed by atoms with Gasteiger partial charge in [-0.05, 0) is 24.3 Å². The zero-order valence-corrected chi connectivity index (χ0v) is 10.1. The molecule has 0 unspecified atom stereocenters. The molecule has 0 fully saturated rings. The van der Waals surface area contributed by atoms with Gasteiger partial charge in [-0.25, -0.2) is 4.79 Å². The molecule has 0 aliphatic carbocycles. The Hall–Kier alpha value is -2.80. The maximum atomic E-state index is 11.5. The van der Waals surface area contributed by atoms with E-state index in [1.165, 1.54) is 18.4 Å². The van der Waals surface area contributed by atoms with E-state index in [0.29, 0.717) is 16.9 Å². The largest absolute Gasteiger partial charge is 0.465 e. The fourth-order valence-corrected chi connectivity index (χ4v) is 1.49. The average molecular weight is 253 g/mol. The molecule has 4 nitrogen and oxygen atoms in total. The Morgan fingerprint density at radius 1 is 1.32 bits per heavy atom. The highest BCUT2D eigenvalue weighted by atomic mass is 16.5. The SMILES string of the molecule is N#Cc1ccccc1COC(=O)C=Cc1ccco1. The quantitative estimate of drug-likeness (QED) is 0.620. The fourth-order valence-electron chi connectivity index (χ4n) is 1.49. The first-order valence-corrected chi connectivity index (χ1v) is 5.66. The summed E-state index contributed by atoms with van der Waals surface area (Å²) in [6, 6.07) is 12.5. The Kier molecular flexibility index (Phi) is 4.14. The van der Waals surface area contributed by atoms with E-state index in [2.05, 4.69) is 0 Å². The number of carbonyl (C=O) groups is 1. The highest BCUT2D eigenvalue weighted by molar-refractivity contribution is 5.86. The van der Waals surface area contributed by atoms with Gasteiger partial charge in [0.1, 0.15) is 12.4 Å². The molecule has 0 atom stereocenters. The van der Waals surface area contributed by atoms with Gasteiger partial charge in [0.15, 0.2) is 0 Å². The zero-order valence-electron chi connectivity index (χ0n) is 10.1. The van der Waals surface area contributed by atoms with Crippen LogP contribution in [-0.4, -0.2) is 5.97 Å². The topological polar surface area (TPSA) is 63.2 Å². The molecule has 4 heteroatoms. The van der Waals surface area contributed by atoms with E-state index in [4.69, 9.17) is 14.4 Å². The van der Waals surface area contributed by atoms with Crippen LogP contribution in [0.15, 0.2) is 53.2 Å². The minimum Gasteiger partial charge on any atom is -0.465 e. The van der Waals surface area contributed by atoms with E-state index in [1.807, 2.05) is 6.07 Å². The summed E-state index contributed by atoms with van der Waals surface area (Å²) in [4.78, 5) is 11.5. The number of esters is 1. The Labute approximate surface area is 110 Å². The van der Waals surface area contributed by atoms with Gasteiger partial charge in [-0.15, -0.1) is 0 Å². The summed E-state index contributed by atoms with van der Waals surface area (Å²) in [5.74, 6) is 0.0958. The maximum absolute atomic E-state index is 11.5. The number of hydrogen-bond donors (Lipinski definition) is 0. The van der Waals surface area contributed by atoms with Crippen molar-refractivity contribution in [3.63, 3.8) is 0 Å². The van der Waals surface area contributed by atoms with Crippen molar-refractivity contribution in [3.8, 4) is 6.07 Å². The van der Waals surface area contributed by atoms with E-state index in [9.17, 15) is 4.79 Å². The molecule has 0 bridgehead atoms. The van der Waals surface area contributed by atoms with Crippen molar-refractivity contribution in [2.45, 2.75) is 6.61 Å². The lowest BCUT2D eigenvalue weighted by Crippen LogP contribution is -2.02. The number of ether oxygens (including phenoxy) is 1. The van der Waals surface area contributed by atoms with Crippen LogP contribution < -0.4 is 0 Å². The Morgan fingerprint density at radius 2 is 2.16 bits per heavy atom. The van der Waals surface area contributed by atoms with Crippen LogP contribution in [0, 0.1) is 11.3 Å². The predicted octanol–water partition coefficient (Wildman–Crippen LogP) is 2.91. The molecule has 0 radical (unpaired) electrons. The molecular weight excluding hydrogens is 242 g/mol. The van der Waals surface area contributed by atoms with Crippen molar-refractivity contribution >= 4 is 12.0 Å². The zero-order chi connectivity index (χ0) is 13.5. The molecule has 1 aromatic carbocycles. The van der Waals surface area contributed by atoms with Gasteiger partial charge < -0.3 is 9.15 Å². The summed E-state index contributed by atoms with van der Waals surface area (Å²) < 4.78 is 10.1. The van der Waals surface area contributed by atoms with Crippen LogP contribution in [0.25, 0.3) is 6.08 Å². The summed E-state index contributed by atoms with van der Waals surface area (Å²) in [5, 5.41) is 8.90. The Morgan fingerprint density at radius 3 is 2.89 bits per heavy atom. The number of nitriles is 1. The molecule has 0 aliphatic heterocycles. The van der Waals surface area contributed by atoms with Crippen LogP contribution in [0.1, 0.15) is 16.9 Å². The second-order valence-corrected chi connectivity index (χ2v) is 3.73. The van der Waals surface area contributed by atoms with Gasteiger partial charge in [0, 0.05) is 11.6 Å². The van der Waals surface area contributed by atoms with Crippen LogP contribution >= 0.6 is 0 Å². The molecule has 0 saturated heterocycles. The van der Waals surface area contributed by atoms with Crippen LogP contribution in [-0.2, 0) is 16.1 Å². The van der Waals surface area contributed by atoms with Gasteiger partial charge in [-0.2, -0.15) is 5.26 Å². The summed E-state index contributed by atoms with van der Waals surface area (Å²) in [6.45, 7) is 0.0745. The van der Waals surface area contributed by atoms with E-state index in [-0.39, 0.29) is 6.61 Å². The van der Waals surface area contributed by atoms with Gasteiger partial charge in [-0.1, -0.05) is 18.2 Å². The predicted molar refractivity (Wildman–Crippen MR) is 68.7 cm³/mol. The third kappa shape index (κ3) is 3.58. The molecular formula is C15H11NO3. The fraction of sp³-hybridized carbons (Fsp3) is 0.0667. The summed E-state index contributed by atoms with van der Waals surface area (Å²) >= 11 is 0. The van der Waals surface area contributed by atoms with Crippen LogP contribution in [0.3, 0.4) is 0 Å². The van der Waals surface area contributed by atoms with Crippen molar-refractivity contribution in [2.75, 3.05) is 0 Å². The number of benzene rings is 1. The van der Waals surface area contributed by atoms with Crippen molar-refractivity contribution in [1.29, 1.82) is 5.26 Å². The molecule has 2 aromatic rings. The molecule has 0 spiro atoms. The van der Waals surface area contributed by atoms with Gasteiger partial charge >= 0.3 is 5.97 Å². The Balaban J connectivity index is 1.92. The number of hydrogen-bond acceptors (Lipinski definition) is 4. The smallest absolute Gasteiger partial charge is 0.331 e. The first kappa shape index (κ1) is 12.7. The molecule has 2 rings (SSSR count). The average Bonchev–Trinajstić information content (AvgIpc) is 2.96. The van der Waals surface area contributed by atoms with Crippen molar-refractivity contribution in [3.05, 3.63) is 65.6 Å². The number of nitrogens with zero attached hydrogens (tertiary/aromatic N) is 1. The first-order chi connectivity index (χ1) is 9.29. The molecule has 1 heterocycles. The third-order valence-electron chi connectivity index (χ3n) is 2.43. The summed E-state index contributed by atoms with van der Waals surface area (Å²) in [7, 11) is 0. The molecule has 0 aliphatic rings. The highest BCUT2D eigenvalue weighted by Crippen LogP contribution is 2.09. The minimum atomic E-state index is -0.482. The van der Waals surface area contributed by atoms with Gasteiger partial charge in [0.05, 0.1) is 17.9 Å². The van der Waals surface area contributed by atoms with Gasteiger partial charge in [0.25, 0.3) is 0 Å². The lowest BCUT2D eigenvalue weighted by Gasteiger charge is -2.03. The second kappa shape index (κ2) is 6.22. The summed E-state index contributed by atoms with van der Waals surface area (Å²) in [5.41, 5.74) is 1.19. The number of furan rings is 1. The van der Waals surface area contributed by atoms with Gasteiger partial charge in [-0.3, -0.25) is 0 Å². The molecule has 1 aromatic heterocycles. The molecule has 94 valence electrons. The third-order valence-corrected chi connectivity index (χ3v) is 2.43.